The van der Waals surface area contributed by atoms with Crippen LogP contribution in [-0.2, 0) is 4.79 Å². The predicted octanol–water partition coefficient (Wildman–Crippen LogP) is 2.44. The summed E-state index contributed by atoms with van der Waals surface area (Å²) in [6.45, 7) is 6.19. The van der Waals surface area contributed by atoms with Crippen molar-refractivity contribution < 1.29 is 9.53 Å². The molecule has 1 N–H and O–H groups in total. The summed E-state index contributed by atoms with van der Waals surface area (Å²) in [4.78, 5) is 14.3. The molecule has 2 rings (SSSR count). The van der Waals surface area contributed by atoms with Crippen LogP contribution in [0.1, 0.15) is 33.1 Å². The third-order valence-electron chi connectivity index (χ3n) is 3.94. The Balaban J connectivity index is 1.69. The van der Waals surface area contributed by atoms with Gasteiger partial charge in [0.05, 0.1) is 12.6 Å². The van der Waals surface area contributed by atoms with Crippen LogP contribution in [0.3, 0.4) is 0 Å². The van der Waals surface area contributed by atoms with Crippen LogP contribution in [0.25, 0.3) is 0 Å². The summed E-state index contributed by atoms with van der Waals surface area (Å²) in [5, 5.41) is 3.01. The molecule has 0 unspecified atom stereocenters. The van der Waals surface area contributed by atoms with Gasteiger partial charge >= 0.3 is 0 Å². The molecule has 1 saturated heterocycles. The van der Waals surface area contributed by atoms with E-state index in [0.717, 1.165) is 12.3 Å². The molecule has 1 aliphatic rings. The summed E-state index contributed by atoms with van der Waals surface area (Å²) >= 11 is 0. The molecule has 0 aromatic heterocycles. The monoisotopic (exact) mass is 290 g/mol. The Morgan fingerprint density at radius 1 is 1.38 bits per heavy atom. The van der Waals surface area contributed by atoms with E-state index in [1.807, 2.05) is 37.3 Å². The van der Waals surface area contributed by atoms with Gasteiger partial charge < -0.3 is 10.1 Å². The number of carbonyl (C=O) groups is 1. The SMILES string of the molecule is C[C@@H](COc1ccccc1)NC(=O)CN1CCCC[C@@H]1C. The number of piperidine rings is 1. The summed E-state index contributed by atoms with van der Waals surface area (Å²) in [7, 11) is 0. The van der Waals surface area contributed by atoms with E-state index in [1.165, 1.54) is 19.3 Å². The second-order valence-corrected chi connectivity index (χ2v) is 5.91. The molecule has 4 heteroatoms. The smallest absolute Gasteiger partial charge is 0.234 e. The summed E-state index contributed by atoms with van der Waals surface area (Å²) in [5.74, 6) is 0.927. The molecule has 116 valence electrons. The van der Waals surface area contributed by atoms with Crippen LogP contribution in [0.4, 0.5) is 0 Å². The average Bonchev–Trinajstić information content (AvgIpc) is 2.48. The molecule has 0 saturated carbocycles. The van der Waals surface area contributed by atoms with Crippen LogP contribution < -0.4 is 10.1 Å². The average molecular weight is 290 g/mol. The van der Waals surface area contributed by atoms with Crippen molar-refractivity contribution in [2.75, 3.05) is 19.7 Å². The number of nitrogens with one attached hydrogen (secondary N) is 1. The minimum atomic E-state index is 0.0119. The molecule has 2 atom stereocenters. The fourth-order valence-electron chi connectivity index (χ4n) is 2.68. The van der Waals surface area contributed by atoms with Gasteiger partial charge in [-0.3, -0.25) is 9.69 Å². The molecular formula is C17H26N2O2. The van der Waals surface area contributed by atoms with Gasteiger partial charge in [-0.05, 0) is 45.4 Å². The molecule has 1 heterocycles. The maximum absolute atomic E-state index is 12.1. The Labute approximate surface area is 127 Å². The van der Waals surface area contributed by atoms with Gasteiger partial charge in [0.2, 0.25) is 5.91 Å². The lowest BCUT2D eigenvalue weighted by molar-refractivity contribution is -0.123. The Morgan fingerprint density at radius 2 is 2.14 bits per heavy atom. The topological polar surface area (TPSA) is 41.6 Å². The zero-order valence-corrected chi connectivity index (χ0v) is 13.0. The van der Waals surface area contributed by atoms with Crippen molar-refractivity contribution in [3.63, 3.8) is 0 Å². The van der Waals surface area contributed by atoms with Crippen molar-refractivity contribution in [3.05, 3.63) is 30.3 Å². The van der Waals surface area contributed by atoms with Gasteiger partial charge in [0, 0.05) is 6.04 Å². The van der Waals surface area contributed by atoms with Gasteiger partial charge in [-0.1, -0.05) is 24.6 Å². The van der Waals surface area contributed by atoms with Gasteiger partial charge in [0.1, 0.15) is 12.4 Å². The number of likely N-dealkylation sites (tertiary alicyclic amines) is 1. The first-order valence-electron chi connectivity index (χ1n) is 7.86. The first-order valence-corrected chi connectivity index (χ1v) is 7.86. The second kappa shape index (κ2) is 8.03. The maximum atomic E-state index is 12.1. The molecule has 0 spiro atoms. The molecule has 1 aromatic carbocycles. The number of benzene rings is 1. The fraction of sp³-hybridized carbons (Fsp3) is 0.588. The number of amides is 1. The maximum Gasteiger partial charge on any atom is 0.234 e. The number of rotatable bonds is 6. The summed E-state index contributed by atoms with van der Waals surface area (Å²) in [6.07, 6.45) is 3.67. The zero-order valence-electron chi connectivity index (χ0n) is 13.0. The highest BCUT2D eigenvalue weighted by molar-refractivity contribution is 5.78. The number of carbonyl (C=O) groups excluding carboxylic acids is 1. The van der Waals surface area contributed by atoms with Crippen LogP contribution in [-0.4, -0.2) is 42.6 Å². The van der Waals surface area contributed by atoms with E-state index >= 15 is 0 Å². The van der Waals surface area contributed by atoms with Crippen molar-refractivity contribution >= 4 is 5.91 Å². The van der Waals surface area contributed by atoms with Crippen molar-refractivity contribution in [1.29, 1.82) is 0 Å². The molecule has 1 fully saturated rings. The van der Waals surface area contributed by atoms with E-state index in [9.17, 15) is 4.79 Å². The number of para-hydroxylation sites is 1. The van der Waals surface area contributed by atoms with Gasteiger partial charge in [-0.2, -0.15) is 0 Å². The Morgan fingerprint density at radius 3 is 2.86 bits per heavy atom. The lowest BCUT2D eigenvalue weighted by Gasteiger charge is -2.32. The van der Waals surface area contributed by atoms with Crippen LogP contribution in [0.2, 0.25) is 0 Å². The Bertz CT molecular complexity index is 436. The second-order valence-electron chi connectivity index (χ2n) is 5.91. The molecule has 1 aliphatic heterocycles. The van der Waals surface area contributed by atoms with Crippen LogP contribution >= 0.6 is 0 Å². The quantitative estimate of drug-likeness (QED) is 0.875. The summed E-state index contributed by atoms with van der Waals surface area (Å²) in [6, 6.07) is 10.2. The molecule has 0 bridgehead atoms. The first-order chi connectivity index (χ1) is 10.1. The summed E-state index contributed by atoms with van der Waals surface area (Å²) < 4.78 is 5.65. The van der Waals surface area contributed by atoms with Gasteiger partial charge in [-0.15, -0.1) is 0 Å². The normalized spacial score (nSPS) is 20.8. The molecule has 1 aromatic rings. The number of nitrogens with zero attached hydrogens (tertiary/aromatic N) is 1. The van der Waals surface area contributed by atoms with Crippen LogP contribution in [0, 0.1) is 0 Å². The summed E-state index contributed by atoms with van der Waals surface area (Å²) in [5.41, 5.74) is 0. The zero-order chi connectivity index (χ0) is 15.1. The number of hydrogen-bond donors (Lipinski definition) is 1. The van der Waals surface area contributed by atoms with E-state index < -0.39 is 0 Å². The molecule has 4 nitrogen and oxygen atoms in total. The standard InChI is InChI=1S/C17H26N2O2/c1-14(13-21-16-9-4-3-5-10-16)18-17(20)12-19-11-7-6-8-15(19)2/h3-5,9-10,14-15H,6-8,11-13H2,1-2H3,(H,18,20)/t14-,15-/m0/s1. The Hall–Kier alpha value is -1.55. The fourth-order valence-corrected chi connectivity index (χ4v) is 2.68. The minimum absolute atomic E-state index is 0.0119. The van der Waals surface area contributed by atoms with Crippen molar-refractivity contribution in [1.82, 2.24) is 10.2 Å². The molecular weight excluding hydrogens is 264 g/mol. The van der Waals surface area contributed by atoms with Crippen LogP contribution in [0.15, 0.2) is 30.3 Å². The number of ether oxygens (including phenoxy) is 1. The third kappa shape index (κ3) is 5.38. The lowest BCUT2D eigenvalue weighted by atomic mass is 10.0. The minimum Gasteiger partial charge on any atom is -0.491 e. The van der Waals surface area contributed by atoms with Crippen molar-refractivity contribution in [3.8, 4) is 5.75 Å². The number of hydrogen-bond acceptors (Lipinski definition) is 3. The van der Waals surface area contributed by atoms with Crippen LogP contribution in [0.5, 0.6) is 5.75 Å². The predicted molar refractivity (Wildman–Crippen MR) is 84.4 cm³/mol. The molecule has 1 amide bonds. The van der Waals surface area contributed by atoms with E-state index in [1.54, 1.807) is 0 Å². The van der Waals surface area contributed by atoms with Gasteiger partial charge in [0.15, 0.2) is 0 Å². The highest BCUT2D eigenvalue weighted by Gasteiger charge is 2.21. The Kier molecular flexibility index (Phi) is 6.05. The van der Waals surface area contributed by atoms with E-state index in [-0.39, 0.29) is 11.9 Å². The largest absolute Gasteiger partial charge is 0.491 e. The highest BCUT2D eigenvalue weighted by atomic mass is 16.5. The molecule has 0 radical (unpaired) electrons. The van der Waals surface area contributed by atoms with E-state index in [0.29, 0.717) is 19.2 Å². The molecule has 0 aliphatic carbocycles. The van der Waals surface area contributed by atoms with Gasteiger partial charge in [-0.25, -0.2) is 0 Å². The van der Waals surface area contributed by atoms with E-state index in [2.05, 4.69) is 17.1 Å². The van der Waals surface area contributed by atoms with Crippen molar-refractivity contribution in [2.45, 2.75) is 45.2 Å². The van der Waals surface area contributed by atoms with Crippen molar-refractivity contribution in [2.24, 2.45) is 0 Å². The molecule has 21 heavy (non-hydrogen) atoms. The van der Waals surface area contributed by atoms with Gasteiger partial charge in [0.25, 0.3) is 0 Å². The third-order valence-corrected chi connectivity index (χ3v) is 3.94. The highest BCUT2D eigenvalue weighted by Crippen LogP contribution is 2.15. The first kappa shape index (κ1) is 15.8. The lowest BCUT2D eigenvalue weighted by Crippen LogP contribution is -2.47. The van der Waals surface area contributed by atoms with E-state index in [4.69, 9.17) is 4.74 Å².